The van der Waals surface area contributed by atoms with Crippen molar-refractivity contribution in [3.63, 3.8) is 0 Å². The molecule has 2 saturated carbocycles. The largest absolute Gasteiger partial charge is 0.313 e. The highest BCUT2D eigenvalue weighted by Crippen LogP contribution is 2.38. The summed E-state index contributed by atoms with van der Waals surface area (Å²) in [6, 6.07) is 0.817. The van der Waals surface area contributed by atoms with Crippen molar-refractivity contribution in [2.75, 3.05) is 12.8 Å². The molecule has 0 heterocycles. The van der Waals surface area contributed by atoms with Crippen LogP contribution >= 0.6 is 11.8 Å². The Morgan fingerprint density at radius 1 is 1.06 bits per heavy atom. The van der Waals surface area contributed by atoms with Crippen molar-refractivity contribution in [3.8, 4) is 0 Å². The first-order valence-corrected chi connectivity index (χ1v) is 8.75. The first kappa shape index (κ1) is 13.7. The van der Waals surface area contributed by atoms with Gasteiger partial charge in [-0.1, -0.05) is 26.2 Å². The number of hydrogen-bond acceptors (Lipinski definition) is 2. The summed E-state index contributed by atoms with van der Waals surface area (Å²) in [6.45, 7) is 3.66. The third-order valence-electron chi connectivity index (χ3n) is 4.93. The molecule has 0 bridgehead atoms. The summed E-state index contributed by atoms with van der Waals surface area (Å²) in [7, 11) is 0. The highest BCUT2D eigenvalue weighted by Gasteiger charge is 2.31. The SMILES string of the molecule is CSC1(CNC2CCC(C)CC2)CCCCC1. The third-order valence-corrected chi connectivity index (χ3v) is 6.35. The van der Waals surface area contributed by atoms with Crippen LogP contribution in [0.4, 0.5) is 0 Å². The van der Waals surface area contributed by atoms with Gasteiger partial charge in [0, 0.05) is 17.3 Å². The molecule has 0 radical (unpaired) electrons. The van der Waals surface area contributed by atoms with Crippen LogP contribution in [0.5, 0.6) is 0 Å². The van der Waals surface area contributed by atoms with E-state index in [-0.39, 0.29) is 0 Å². The van der Waals surface area contributed by atoms with Crippen molar-refractivity contribution in [3.05, 3.63) is 0 Å². The van der Waals surface area contributed by atoms with Gasteiger partial charge in [-0.25, -0.2) is 0 Å². The van der Waals surface area contributed by atoms with E-state index in [0.29, 0.717) is 4.75 Å². The highest BCUT2D eigenvalue weighted by atomic mass is 32.2. The minimum atomic E-state index is 0.571. The predicted octanol–water partition coefficient (Wildman–Crippen LogP) is 4.22. The van der Waals surface area contributed by atoms with Crippen LogP contribution in [0.3, 0.4) is 0 Å². The highest BCUT2D eigenvalue weighted by molar-refractivity contribution is 8.00. The summed E-state index contributed by atoms with van der Waals surface area (Å²) in [5.41, 5.74) is 0. The van der Waals surface area contributed by atoms with E-state index >= 15 is 0 Å². The van der Waals surface area contributed by atoms with Gasteiger partial charge in [-0.2, -0.15) is 11.8 Å². The maximum absolute atomic E-state index is 3.88. The fourth-order valence-electron chi connectivity index (χ4n) is 3.44. The normalized spacial score (nSPS) is 33.5. The monoisotopic (exact) mass is 255 g/mol. The molecule has 2 aliphatic carbocycles. The van der Waals surface area contributed by atoms with Crippen molar-refractivity contribution in [2.45, 2.75) is 75.5 Å². The van der Waals surface area contributed by atoms with Crippen molar-refractivity contribution in [2.24, 2.45) is 5.92 Å². The summed E-state index contributed by atoms with van der Waals surface area (Å²) < 4.78 is 0.571. The maximum Gasteiger partial charge on any atom is 0.0281 e. The van der Waals surface area contributed by atoms with Gasteiger partial charge >= 0.3 is 0 Å². The van der Waals surface area contributed by atoms with E-state index in [1.54, 1.807) is 0 Å². The Morgan fingerprint density at radius 3 is 2.29 bits per heavy atom. The summed E-state index contributed by atoms with van der Waals surface area (Å²) in [5.74, 6) is 0.970. The lowest BCUT2D eigenvalue weighted by Gasteiger charge is -2.38. The average molecular weight is 255 g/mol. The quantitative estimate of drug-likeness (QED) is 0.807. The minimum absolute atomic E-state index is 0.571. The molecular weight excluding hydrogens is 226 g/mol. The lowest BCUT2D eigenvalue weighted by atomic mass is 9.85. The molecule has 17 heavy (non-hydrogen) atoms. The van der Waals surface area contributed by atoms with Crippen LogP contribution in [0.2, 0.25) is 0 Å². The van der Waals surface area contributed by atoms with Crippen molar-refractivity contribution >= 4 is 11.8 Å². The van der Waals surface area contributed by atoms with Gasteiger partial charge in [-0.05, 0) is 50.7 Å². The molecule has 2 heteroatoms. The minimum Gasteiger partial charge on any atom is -0.313 e. The summed E-state index contributed by atoms with van der Waals surface area (Å²) in [5, 5.41) is 3.88. The average Bonchev–Trinajstić information content (AvgIpc) is 2.39. The van der Waals surface area contributed by atoms with Crippen LogP contribution in [0.1, 0.15) is 64.7 Å². The Balaban J connectivity index is 1.75. The number of thioether (sulfide) groups is 1. The molecule has 0 spiro atoms. The summed E-state index contributed by atoms with van der Waals surface area (Å²) >= 11 is 2.12. The fraction of sp³-hybridized carbons (Fsp3) is 1.00. The Bertz CT molecular complexity index is 215. The molecular formula is C15H29NS. The lowest BCUT2D eigenvalue weighted by Crippen LogP contribution is -2.44. The molecule has 0 aromatic rings. The van der Waals surface area contributed by atoms with E-state index in [0.717, 1.165) is 12.0 Å². The first-order chi connectivity index (χ1) is 8.24. The molecule has 2 aliphatic rings. The number of hydrogen-bond donors (Lipinski definition) is 1. The zero-order valence-corrected chi connectivity index (χ0v) is 12.5. The standard InChI is InChI=1S/C15H29NS/c1-13-6-8-14(9-7-13)16-12-15(17-2)10-4-3-5-11-15/h13-14,16H,3-12H2,1-2H3. The van der Waals surface area contributed by atoms with Crippen LogP contribution in [0.25, 0.3) is 0 Å². The van der Waals surface area contributed by atoms with Crippen LogP contribution in [-0.4, -0.2) is 23.6 Å². The molecule has 2 rings (SSSR count). The van der Waals surface area contributed by atoms with E-state index < -0.39 is 0 Å². The Labute approximate surface area is 112 Å². The lowest BCUT2D eigenvalue weighted by molar-refractivity contribution is 0.286. The van der Waals surface area contributed by atoms with E-state index in [2.05, 4.69) is 30.3 Å². The smallest absolute Gasteiger partial charge is 0.0281 e. The molecule has 2 fully saturated rings. The van der Waals surface area contributed by atoms with Gasteiger partial charge in [0.15, 0.2) is 0 Å². The third kappa shape index (κ3) is 3.89. The fourth-order valence-corrected chi connectivity index (χ4v) is 4.37. The van der Waals surface area contributed by atoms with Gasteiger partial charge in [-0.15, -0.1) is 0 Å². The zero-order chi connectivity index (χ0) is 12.1. The van der Waals surface area contributed by atoms with Crippen molar-refractivity contribution in [1.82, 2.24) is 5.32 Å². The summed E-state index contributed by atoms with van der Waals surface area (Å²) in [4.78, 5) is 0. The van der Waals surface area contributed by atoms with Gasteiger partial charge in [0.25, 0.3) is 0 Å². The second-order valence-electron chi connectivity index (χ2n) is 6.29. The Kier molecular flexibility index (Phi) is 5.23. The van der Waals surface area contributed by atoms with Gasteiger partial charge in [0.1, 0.15) is 0 Å². The van der Waals surface area contributed by atoms with Crippen LogP contribution in [0, 0.1) is 5.92 Å². The van der Waals surface area contributed by atoms with Gasteiger partial charge in [-0.3, -0.25) is 0 Å². The van der Waals surface area contributed by atoms with E-state index in [1.807, 2.05) is 0 Å². The molecule has 0 aromatic heterocycles. The predicted molar refractivity (Wildman–Crippen MR) is 78.8 cm³/mol. The number of rotatable bonds is 4. The van der Waals surface area contributed by atoms with Crippen LogP contribution in [-0.2, 0) is 0 Å². The van der Waals surface area contributed by atoms with Crippen molar-refractivity contribution in [1.29, 1.82) is 0 Å². The van der Waals surface area contributed by atoms with E-state index in [1.165, 1.54) is 64.3 Å². The number of nitrogens with one attached hydrogen (secondary N) is 1. The molecule has 1 N–H and O–H groups in total. The zero-order valence-electron chi connectivity index (χ0n) is 11.6. The molecule has 0 unspecified atom stereocenters. The molecule has 0 amide bonds. The van der Waals surface area contributed by atoms with Crippen molar-refractivity contribution < 1.29 is 0 Å². The van der Waals surface area contributed by atoms with Gasteiger partial charge in [0.2, 0.25) is 0 Å². The topological polar surface area (TPSA) is 12.0 Å². The second kappa shape index (κ2) is 6.47. The first-order valence-electron chi connectivity index (χ1n) is 7.53. The van der Waals surface area contributed by atoms with E-state index in [9.17, 15) is 0 Å². The molecule has 100 valence electrons. The molecule has 0 saturated heterocycles. The van der Waals surface area contributed by atoms with Crippen LogP contribution in [0.15, 0.2) is 0 Å². The Hall–Kier alpha value is 0.310. The second-order valence-corrected chi connectivity index (χ2v) is 7.56. The van der Waals surface area contributed by atoms with Crippen LogP contribution < -0.4 is 5.32 Å². The molecule has 1 nitrogen and oxygen atoms in total. The Morgan fingerprint density at radius 2 is 1.71 bits per heavy atom. The molecule has 0 aliphatic heterocycles. The van der Waals surface area contributed by atoms with Gasteiger partial charge in [0.05, 0.1) is 0 Å². The molecule has 0 aromatic carbocycles. The summed E-state index contributed by atoms with van der Waals surface area (Å²) in [6.07, 6.45) is 15.2. The van der Waals surface area contributed by atoms with Gasteiger partial charge < -0.3 is 5.32 Å². The molecule has 0 atom stereocenters. The maximum atomic E-state index is 3.88. The van der Waals surface area contributed by atoms with E-state index in [4.69, 9.17) is 0 Å².